The van der Waals surface area contributed by atoms with Crippen LogP contribution in [0.15, 0.2) is 0 Å². The van der Waals surface area contributed by atoms with Gasteiger partial charge in [-0.25, -0.2) is 8.78 Å². The van der Waals surface area contributed by atoms with Crippen molar-refractivity contribution in [2.45, 2.75) is 88.9 Å². The van der Waals surface area contributed by atoms with Crippen LogP contribution in [0.5, 0.6) is 0 Å². The van der Waals surface area contributed by atoms with Crippen LogP contribution in [0.1, 0.15) is 78.6 Å². The number of aryl methyl sites for hydroxylation is 1. The quantitative estimate of drug-likeness (QED) is 0.509. The molecule has 4 rings (SSSR count). The molecule has 3 aliphatic carbocycles. The van der Waals surface area contributed by atoms with Gasteiger partial charge >= 0.3 is 0 Å². The molecule has 2 amide bonds. The zero-order valence-corrected chi connectivity index (χ0v) is 18.3. The summed E-state index contributed by atoms with van der Waals surface area (Å²) in [6, 6.07) is -0.292. The van der Waals surface area contributed by atoms with Gasteiger partial charge < -0.3 is 20.8 Å². The van der Waals surface area contributed by atoms with E-state index in [-0.39, 0.29) is 43.5 Å². The Morgan fingerprint density at radius 1 is 1.03 bits per heavy atom. The Morgan fingerprint density at radius 3 is 2.45 bits per heavy atom. The lowest BCUT2D eigenvalue weighted by molar-refractivity contribution is -0.138. The van der Waals surface area contributed by atoms with Crippen LogP contribution in [0.3, 0.4) is 0 Å². The van der Waals surface area contributed by atoms with E-state index in [1.54, 1.807) is 0 Å². The molecule has 2 unspecified atom stereocenters. The number of rotatable bonds is 5. The first-order valence-electron chi connectivity index (χ1n) is 11.3. The summed E-state index contributed by atoms with van der Waals surface area (Å²) in [6.07, 6.45) is 3.91. The fourth-order valence-corrected chi connectivity index (χ4v) is 6.51. The van der Waals surface area contributed by atoms with E-state index < -0.39 is 24.0 Å². The Labute approximate surface area is 184 Å². The first-order chi connectivity index (χ1) is 14.7. The van der Waals surface area contributed by atoms with Crippen molar-refractivity contribution >= 4 is 28.2 Å². The van der Waals surface area contributed by atoms with Crippen molar-refractivity contribution in [2.24, 2.45) is 11.8 Å². The number of aliphatic hydroxyl groups excluding tert-OH is 1. The fourth-order valence-electron chi connectivity index (χ4n) is 5.22. The van der Waals surface area contributed by atoms with E-state index in [9.17, 15) is 28.6 Å². The number of halogens is 2. The maximum atomic E-state index is 13.4. The van der Waals surface area contributed by atoms with Crippen molar-refractivity contribution in [1.29, 1.82) is 0 Å². The monoisotopic (exact) mass is 456 g/mol. The second kappa shape index (κ2) is 9.11. The molecule has 1 heterocycles. The molecule has 31 heavy (non-hydrogen) atoms. The van der Waals surface area contributed by atoms with E-state index in [0.717, 1.165) is 42.5 Å². The lowest BCUT2D eigenvalue weighted by atomic mass is 9.78. The maximum absolute atomic E-state index is 13.4. The third-order valence-corrected chi connectivity index (χ3v) is 8.18. The summed E-state index contributed by atoms with van der Waals surface area (Å²) >= 11 is 1.40. The van der Waals surface area contributed by atoms with Gasteiger partial charge in [0.25, 0.3) is 5.91 Å². The lowest BCUT2D eigenvalue weighted by Crippen LogP contribution is -2.41. The van der Waals surface area contributed by atoms with Gasteiger partial charge in [0.05, 0.1) is 5.56 Å². The number of carbonyl (C=O) groups is 2. The molecule has 1 aromatic rings. The zero-order chi connectivity index (χ0) is 22.2. The van der Waals surface area contributed by atoms with Gasteiger partial charge in [-0.15, -0.1) is 11.3 Å². The number of fused-ring (bicyclic) bond motifs is 1. The Morgan fingerprint density at radius 2 is 1.74 bits per heavy atom. The minimum Gasteiger partial charge on any atom is -0.368 e. The van der Waals surface area contributed by atoms with Crippen LogP contribution in [-0.2, 0) is 17.6 Å². The molecule has 0 bridgehead atoms. The summed E-state index contributed by atoms with van der Waals surface area (Å²) in [4.78, 5) is 27.2. The third-order valence-electron chi connectivity index (χ3n) is 6.98. The van der Waals surface area contributed by atoms with Crippen LogP contribution < -0.4 is 10.6 Å². The number of anilines is 1. The van der Waals surface area contributed by atoms with Crippen molar-refractivity contribution in [3.05, 3.63) is 16.0 Å². The predicted octanol–water partition coefficient (Wildman–Crippen LogP) is 3.60. The molecule has 0 spiro atoms. The molecule has 2 saturated carbocycles. The average molecular weight is 457 g/mol. The van der Waals surface area contributed by atoms with E-state index in [2.05, 4.69) is 10.6 Å². The molecule has 0 saturated heterocycles. The number of alkyl halides is 2. The highest BCUT2D eigenvalue weighted by Gasteiger charge is 2.38. The molecule has 0 aliphatic heterocycles. The zero-order valence-electron chi connectivity index (χ0n) is 17.5. The predicted molar refractivity (Wildman–Crippen MR) is 113 cm³/mol. The second-order valence-electron chi connectivity index (χ2n) is 9.12. The van der Waals surface area contributed by atoms with E-state index in [1.165, 1.54) is 11.3 Å². The molecular weight excluding hydrogens is 426 g/mol. The summed E-state index contributed by atoms with van der Waals surface area (Å²) in [5.74, 6) is -4.28. The Kier molecular flexibility index (Phi) is 6.65. The molecule has 0 radical (unpaired) electrons. The average Bonchev–Trinajstić information content (AvgIpc) is 3.30. The summed E-state index contributed by atoms with van der Waals surface area (Å²) in [5, 5.41) is 25.7. The number of amides is 2. The van der Waals surface area contributed by atoms with Crippen molar-refractivity contribution in [2.75, 3.05) is 5.32 Å². The van der Waals surface area contributed by atoms with Crippen molar-refractivity contribution in [3.63, 3.8) is 0 Å². The highest BCUT2D eigenvalue weighted by molar-refractivity contribution is 7.17. The van der Waals surface area contributed by atoms with E-state index in [4.69, 9.17) is 0 Å². The van der Waals surface area contributed by atoms with Crippen LogP contribution >= 0.6 is 11.3 Å². The fraction of sp³-hybridized carbons (Fsp3) is 0.727. The van der Waals surface area contributed by atoms with E-state index in [1.807, 2.05) is 0 Å². The summed E-state index contributed by atoms with van der Waals surface area (Å²) in [5.41, 5.74) is 1.40. The Hall–Kier alpha value is -1.58. The standard InChI is InChI=1S/C22H30F2N2O4S/c23-22(24)10-8-12(9-11-22)25-19(28)17-15-6-3-7-16(15)31-20(17)26-18(27)13-4-1-2-5-14(13)21(29)30/h12-14,21,29-30H,1-11H2,(H,25,28)(H,26,27). The normalized spacial score (nSPS) is 26.0. The highest BCUT2D eigenvalue weighted by Crippen LogP contribution is 2.41. The van der Waals surface area contributed by atoms with Crippen molar-refractivity contribution in [1.82, 2.24) is 5.32 Å². The first-order valence-corrected chi connectivity index (χ1v) is 12.1. The minimum atomic E-state index is -2.65. The molecule has 1 aromatic heterocycles. The number of aliphatic hydroxyl groups is 2. The number of thiophene rings is 1. The smallest absolute Gasteiger partial charge is 0.254 e. The van der Waals surface area contributed by atoms with Gasteiger partial charge in [-0.1, -0.05) is 12.8 Å². The maximum Gasteiger partial charge on any atom is 0.254 e. The second-order valence-corrected chi connectivity index (χ2v) is 10.2. The minimum absolute atomic E-state index is 0.226. The molecule has 2 fully saturated rings. The van der Waals surface area contributed by atoms with Crippen LogP contribution in [0.4, 0.5) is 13.8 Å². The van der Waals surface area contributed by atoms with Crippen LogP contribution in [0.25, 0.3) is 0 Å². The molecule has 3 aliphatic rings. The number of carbonyl (C=O) groups excluding carboxylic acids is 2. The van der Waals surface area contributed by atoms with Crippen LogP contribution in [0.2, 0.25) is 0 Å². The van der Waals surface area contributed by atoms with Gasteiger partial charge in [-0.05, 0) is 50.5 Å². The molecule has 4 N–H and O–H groups in total. The van der Waals surface area contributed by atoms with Gasteiger partial charge in [-0.3, -0.25) is 9.59 Å². The van der Waals surface area contributed by atoms with Gasteiger partial charge in [0.15, 0.2) is 6.29 Å². The number of hydrogen-bond acceptors (Lipinski definition) is 5. The lowest BCUT2D eigenvalue weighted by Gasteiger charge is -2.31. The van der Waals surface area contributed by atoms with Gasteiger partial charge in [0.2, 0.25) is 11.8 Å². The summed E-state index contributed by atoms with van der Waals surface area (Å²) in [7, 11) is 0. The van der Waals surface area contributed by atoms with Crippen molar-refractivity contribution in [3.8, 4) is 0 Å². The first kappa shape index (κ1) is 22.6. The Balaban J connectivity index is 1.50. The molecule has 6 nitrogen and oxygen atoms in total. The van der Waals surface area contributed by atoms with E-state index >= 15 is 0 Å². The molecular formula is C22H30F2N2O4S. The number of nitrogens with one attached hydrogen (secondary N) is 2. The summed E-state index contributed by atoms with van der Waals surface area (Å²) in [6.45, 7) is 0. The summed E-state index contributed by atoms with van der Waals surface area (Å²) < 4.78 is 26.9. The third kappa shape index (κ3) is 4.93. The largest absolute Gasteiger partial charge is 0.368 e. The van der Waals surface area contributed by atoms with Gasteiger partial charge in [0.1, 0.15) is 5.00 Å². The topological polar surface area (TPSA) is 98.7 Å². The van der Waals surface area contributed by atoms with E-state index in [0.29, 0.717) is 23.4 Å². The molecule has 9 heteroatoms. The van der Waals surface area contributed by atoms with Crippen LogP contribution in [-0.4, -0.2) is 40.3 Å². The SMILES string of the molecule is O=C(NC1CCC(F)(F)CC1)c1c(NC(=O)C2CCCCC2C(O)O)sc2c1CCC2. The highest BCUT2D eigenvalue weighted by atomic mass is 32.1. The number of hydrogen-bond donors (Lipinski definition) is 4. The van der Waals surface area contributed by atoms with Gasteiger partial charge in [-0.2, -0.15) is 0 Å². The van der Waals surface area contributed by atoms with Crippen LogP contribution in [0, 0.1) is 11.8 Å². The van der Waals surface area contributed by atoms with Gasteiger partial charge in [0, 0.05) is 35.6 Å². The molecule has 0 aromatic carbocycles. The van der Waals surface area contributed by atoms with Crippen molar-refractivity contribution < 1.29 is 28.6 Å². The molecule has 172 valence electrons. The molecule has 2 atom stereocenters. The Bertz CT molecular complexity index is 832.